The Morgan fingerprint density at radius 2 is 1.54 bits per heavy atom. The summed E-state index contributed by atoms with van der Waals surface area (Å²) in [5.74, 6) is 2.17. The van der Waals surface area contributed by atoms with Gasteiger partial charge in [0.15, 0.2) is 26.9 Å². The third-order valence-corrected chi connectivity index (χ3v) is 20.0. The second-order valence-electron chi connectivity index (χ2n) is 26.4. The monoisotopic (exact) mass is 1350 g/mol. The van der Waals surface area contributed by atoms with Crippen LogP contribution in [0.15, 0.2) is 209 Å². The molecule has 1 saturated carbocycles. The third-order valence-electron chi connectivity index (χ3n) is 16.4. The maximum atomic E-state index is 12.3. The number of thiophene rings is 1. The largest absolute Gasteiger partial charge is 0.490 e. The number of nitrogens with one attached hydrogen (secondary N) is 4. The van der Waals surface area contributed by atoms with Crippen LogP contribution in [0.25, 0.3) is 33.6 Å². The van der Waals surface area contributed by atoms with Gasteiger partial charge in [-0.2, -0.15) is 4.98 Å². The molecule has 12 rings (SSSR count). The summed E-state index contributed by atoms with van der Waals surface area (Å²) in [5, 5.41) is 19.9. The first-order valence-electron chi connectivity index (χ1n) is 32.2. The number of ether oxygens (including phenoxy) is 1. The van der Waals surface area contributed by atoms with Crippen molar-refractivity contribution in [2.24, 2.45) is 17.3 Å². The Morgan fingerprint density at radius 1 is 0.812 bits per heavy atom. The van der Waals surface area contributed by atoms with E-state index >= 15 is 0 Å². The Labute approximate surface area is 571 Å². The van der Waals surface area contributed by atoms with Gasteiger partial charge in [0.25, 0.3) is 5.91 Å². The van der Waals surface area contributed by atoms with Crippen LogP contribution in [0.4, 0.5) is 5.69 Å². The van der Waals surface area contributed by atoms with Crippen molar-refractivity contribution < 1.29 is 37.1 Å². The fraction of sp³-hybridized carbons (Fsp3) is 0.299. The molecule has 5 aromatic carbocycles. The molecule has 0 radical (unpaired) electrons. The minimum Gasteiger partial charge on any atom is -0.490 e. The van der Waals surface area contributed by atoms with E-state index in [0.29, 0.717) is 80.4 Å². The number of pyridine rings is 2. The number of oxazole rings is 1. The van der Waals surface area contributed by atoms with Crippen LogP contribution < -0.4 is 15.4 Å². The van der Waals surface area contributed by atoms with Gasteiger partial charge in [-0.15, -0.1) is 11.3 Å². The molecule has 3 atom stereocenters. The Morgan fingerprint density at radius 3 is 2.25 bits per heavy atom. The number of H-pyrrole nitrogens is 2. The smallest absolute Gasteiger partial charge is 0.267 e. The van der Waals surface area contributed by atoms with Gasteiger partial charge in [-0.05, 0) is 177 Å². The minimum absolute atomic E-state index is 0.0525. The molecule has 2 amide bonds. The van der Waals surface area contributed by atoms with Crippen LogP contribution in [-0.2, 0) is 40.6 Å². The number of halogens is 1. The van der Waals surface area contributed by atoms with Crippen molar-refractivity contribution in [1.29, 1.82) is 0 Å². The highest BCUT2D eigenvalue weighted by Gasteiger charge is 2.35. The minimum atomic E-state index is -3.07. The first-order valence-corrected chi connectivity index (χ1v) is 35.1. The highest BCUT2D eigenvalue weighted by Crippen LogP contribution is 2.43. The van der Waals surface area contributed by atoms with Gasteiger partial charge in [0, 0.05) is 95.3 Å². The molecular weight excluding hydrogens is 1260 g/mol. The number of sulfone groups is 1. The quantitative estimate of drug-likeness (QED) is 0.0449. The maximum absolute atomic E-state index is 12.3. The van der Waals surface area contributed by atoms with Crippen molar-refractivity contribution in [2.45, 2.75) is 116 Å². The molecule has 1 aliphatic rings. The van der Waals surface area contributed by atoms with Gasteiger partial charge in [-0.25, -0.2) is 13.4 Å². The average molecular weight is 1350 g/mol. The van der Waals surface area contributed by atoms with Crippen LogP contribution in [0.1, 0.15) is 115 Å². The molecule has 3 unspecified atom stereocenters. The zero-order valence-corrected chi connectivity index (χ0v) is 58.0. The number of hydrogen-bond acceptors (Lipinski definition) is 13. The first kappa shape index (κ1) is 71.3. The molecule has 11 aromatic rings. The normalized spacial score (nSPS) is 14.7. The summed E-state index contributed by atoms with van der Waals surface area (Å²) in [6.45, 7) is 19.4. The number of fused-ring (bicyclic) bond motifs is 2. The summed E-state index contributed by atoms with van der Waals surface area (Å²) in [7, 11) is -3.07. The number of anilines is 1. The van der Waals surface area contributed by atoms with Gasteiger partial charge in [0.05, 0.1) is 12.2 Å². The number of ketones is 1. The number of carbonyl (C=O) groups excluding carboxylic acids is 3. The number of aliphatic hydroxyl groups excluding tert-OH is 1. The molecule has 0 saturated heterocycles. The summed E-state index contributed by atoms with van der Waals surface area (Å²) in [6, 6.07) is 51.2. The predicted octanol–water partition coefficient (Wildman–Crippen LogP) is 16.3. The van der Waals surface area contributed by atoms with Crippen LogP contribution in [0, 0.1) is 31.1 Å². The van der Waals surface area contributed by atoms with Gasteiger partial charge in [0.1, 0.15) is 28.4 Å². The Hall–Kier alpha value is -9.04. The van der Waals surface area contributed by atoms with E-state index in [1.165, 1.54) is 28.9 Å². The van der Waals surface area contributed by atoms with Crippen LogP contribution in [0.3, 0.4) is 0 Å². The summed E-state index contributed by atoms with van der Waals surface area (Å²) in [4.78, 5) is 57.6. The summed E-state index contributed by atoms with van der Waals surface area (Å²) in [5.41, 5.74) is 11.2. The van der Waals surface area contributed by atoms with E-state index in [2.05, 4.69) is 120 Å². The summed E-state index contributed by atoms with van der Waals surface area (Å²) >= 11 is 7.17. The number of aliphatic hydroxyl groups is 1. The van der Waals surface area contributed by atoms with E-state index < -0.39 is 15.9 Å². The fourth-order valence-electron chi connectivity index (χ4n) is 11.9. The van der Waals surface area contributed by atoms with Crippen LogP contribution in [0.5, 0.6) is 5.75 Å². The number of Topliss-reactive ketones (excluding diaryl/α,β-unsaturated/α-hetero) is 1. The van der Waals surface area contributed by atoms with E-state index in [1.54, 1.807) is 55.1 Å². The molecular formula is C77H85ClN8O8S2. The van der Waals surface area contributed by atoms with Crippen molar-refractivity contribution in [3.63, 3.8) is 0 Å². The Kier molecular flexibility index (Phi) is 24.6. The third kappa shape index (κ3) is 21.2. The lowest BCUT2D eigenvalue weighted by Crippen LogP contribution is -2.46. The number of aromatic nitrogens is 5. The van der Waals surface area contributed by atoms with Crippen molar-refractivity contribution in [3.05, 3.63) is 250 Å². The summed E-state index contributed by atoms with van der Waals surface area (Å²) < 4.78 is 36.8. The van der Waals surface area contributed by atoms with Crippen LogP contribution >= 0.6 is 22.9 Å². The molecule has 6 heterocycles. The molecule has 19 heteroatoms. The van der Waals surface area contributed by atoms with Crippen molar-refractivity contribution in [3.8, 4) is 17.2 Å². The topological polar surface area (TPSA) is 225 Å². The number of benzene rings is 5. The van der Waals surface area contributed by atoms with Crippen LogP contribution in [-0.4, -0.2) is 91.5 Å². The number of β-amino-alcohol motifs (C(OH)–C–C–N with tert-alkyl or cyclic N) is 1. The van der Waals surface area contributed by atoms with E-state index in [4.69, 9.17) is 20.8 Å². The van der Waals surface area contributed by atoms with Gasteiger partial charge in [-0.1, -0.05) is 129 Å². The standard InChI is InChI=1S/C24H32N2O2.C20H15N3O2.C19H16ClN3O2.C14H22O2S2/c1-17-9-11-19(12-10-17)14-26(24(3,4)5)15-20(27)16-28-22-8-6-7-21-23(22)18(2)13-25-21;24-18(12-14-6-2-1-3-7-14)22-16-9-4-8-15(13-16)20-23-19-17(25-20)10-5-11-21-19;20-16-5-3-13(4-6-16)8-18(24)15-9-17(22-12-15)19(25)23-11-14-2-1-7-21-10-14;1-11-7-12(9-14(2,3)8-11)10-18(15,16)13-5-4-6-17-13/h6-13,20,25,27H,14-16H2,1-5H3;1-11,13H,12H2,(H,22,24);1-7,9-10,12,22H,8,11H2,(H,23,25);4-6,11-12H,7-10H2,1-3H3. The molecule has 16 nitrogen and oxygen atoms in total. The van der Waals surface area contributed by atoms with Crippen molar-refractivity contribution in [1.82, 2.24) is 35.1 Å². The zero-order valence-electron chi connectivity index (χ0n) is 55.6. The molecule has 0 bridgehead atoms. The number of rotatable bonds is 20. The van der Waals surface area contributed by atoms with Crippen molar-refractivity contribution >= 4 is 78.2 Å². The molecule has 1 aliphatic carbocycles. The number of hydrogen-bond donors (Lipinski definition) is 5. The van der Waals surface area contributed by atoms with Gasteiger partial charge in [0.2, 0.25) is 11.8 Å². The fourth-order valence-corrected chi connectivity index (χ4v) is 14.7. The van der Waals surface area contributed by atoms with Crippen LogP contribution in [0.2, 0.25) is 5.02 Å². The highest BCUT2D eigenvalue weighted by molar-refractivity contribution is 7.93. The SMILES string of the molecule is CC1CC(CS(=O)(=O)c2cccs2)CC(C)(C)C1.Cc1ccc(CN(CC(O)COc2cccc3[nH]cc(C)c23)C(C)(C)C)cc1.O=C(Cc1ccc(Cl)cc1)c1c[nH]c(C(=O)NCc2cccnc2)c1.O=C(Cc1ccccc1)Nc1cccc(-c2nc3ncccc3o2)c1. The van der Waals surface area contributed by atoms with Gasteiger partial charge < -0.3 is 34.9 Å². The average Bonchev–Trinajstić information content (AvgIpc) is 1.54. The molecule has 5 N–H and O–H groups in total. The van der Waals surface area contributed by atoms with Gasteiger partial charge in [-0.3, -0.25) is 24.3 Å². The predicted molar refractivity (Wildman–Crippen MR) is 384 cm³/mol. The molecule has 1 fully saturated rings. The molecule has 96 heavy (non-hydrogen) atoms. The number of aryl methyl sites for hydroxylation is 2. The summed E-state index contributed by atoms with van der Waals surface area (Å²) in [6.07, 6.45) is 11.9. The van der Waals surface area contributed by atoms with E-state index in [1.807, 2.05) is 121 Å². The van der Waals surface area contributed by atoms with E-state index in [0.717, 1.165) is 63.9 Å². The first-order chi connectivity index (χ1) is 45.9. The highest BCUT2D eigenvalue weighted by atomic mass is 35.5. The van der Waals surface area contributed by atoms with Crippen molar-refractivity contribution in [2.75, 3.05) is 24.2 Å². The lowest BCUT2D eigenvalue weighted by atomic mass is 9.68. The molecule has 0 aliphatic heterocycles. The number of aromatic amines is 2. The Bertz CT molecular complexity index is 4380. The molecule has 6 aromatic heterocycles. The van der Waals surface area contributed by atoms with E-state index in [-0.39, 0.29) is 41.6 Å². The second kappa shape index (κ2) is 33.1. The zero-order chi connectivity index (χ0) is 68.4. The maximum Gasteiger partial charge on any atom is 0.267 e. The number of carbonyl (C=O) groups is 3. The van der Waals surface area contributed by atoms with Gasteiger partial charge >= 0.3 is 0 Å². The Balaban J connectivity index is 0.000000152. The lowest BCUT2D eigenvalue weighted by Gasteiger charge is -2.38. The molecule has 0 spiro atoms. The number of amides is 2. The number of nitrogens with zero attached hydrogens (tertiary/aromatic N) is 4. The lowest BCUT2D eigenvalue weighted by molar-refractivity contribution is -0.115. The van der Waals surface area contributed by atoms with E-state index in [9.17, 15) is 27.9 Å². The molecule has 500 valence electrons. The second-order valence-corrected chi connectivity index (χ2v) is 30.0.